The third-order valence-electron chi connectivity index (χ3n) is 3.12. The quantitative estimate of drug-likeness (QED) is 0.571. The van der Waals surface area contributed by atoms with Gasteiger partial charge in [-0.25, -0.2) is 8.42 Å². The number of fused-ring (bicyclic) bond motifs is 1. The van der Waals surface area contributed by atoms with Gasteiger partial charge in [0.05, 0.1) is 10.1 Å². The number of aromatic nitrogens is 1. The van der Waals surface area contributed by atoms with Crippen LogP contribution in [0.25, 0.3) is 16.3 Å². The van der Waals surface area contributed by atoms with Crippen LogP contribution < -0.4 is 4.57 Å². The fourth-order valence-corrected chi connectivity index (χ4v) is 4.17. The van der Waals surface area contributed by atoms with E-state index in [4.69, 9.17) is 11.6 Å². The second-order valence-corrected chi connectivity index (χ2v) is 8.85. The minimum Gasteiger partial charge on any atom is -0.748 e. The largest absolute Gasteiger partial charge is 0.748 e. The maximum atomic E-state index is 10.8. The van der Waals surface area contributed by atoms with Gasteiger partial charge in [0, 0.05) is 29.3 Å². The fraction of sp³-hybridized carbons (Fsp3) is 0.357. The van der Waals surface area contributed by atoms with Gasteiger partial charge in [0.1, 0.15) is 4.70 Å². The highest BCUT2D eigenvalue weighted by molar-refractivity contribution is 8.02. The number of rotatable bonds is 6. The first kappa shape index (κ1) is 17.7. The number of allylic oxidation sites excluding steroid dienone is 1. The molecule has 0 unspecified atom stereocenters. The Kier molecular flexibility index (Phi) is 5.90. The molecule has 2 rings (SSSR count). The third kappa shape index (κ3) is 4.70. The molecule has 0 aliphatic heterocycles. The van der Waals surface area contributed by atoms with Crippen molar-refractivity contribution >= 4 is 61.1 Å². The average molecular weight is 378 g/mol. The molecule has 0 saturated carbocycles. The van der Waals surface area contributed by atoms with E-state index >= 15 is 0 Å². The molecular weight excluding hydrogens is 362 g/mol. The molecule has 0 aliphatic carbocycles. The van der Waals surface area contributed by atoms with Crippen molar-refractivity contribution in [1.82, 2.24) is 0 Å². The first-order valence-corrected chi connectivity index (χ1v) is 10.6. The number of hydrogen-bond acceptors (Lipinski definition) is 5. The molecule has 120 valence electrons. The van der Waals surface area contributed by atoms with Crippen LogP contribution in [0.2, 0.25) is 5.02 Å². The summed E-state index contributed by atoms with van der Waals surface area (Å²) >= 11 is 9.34. The summed E-state index contributed by atoms with van der Waals surface area (Å²) in [7, 11) is -4.18. The summed E-state index contributed by atoms with van der Waals surface area (Å²) in [5.74, 6) is -0.359. The summed E-state index contributed by atoms with van der Waals surface area (Å²) in [5.41, 5.74) is 0.959. The summed E-state index contributed by atoms with van der Waals surface area (Å²) in [6.45, 7) is 2.49. The van der Waals surface area contributed by atoms with Crippen LogP contribution in [-0.4, -0.2) is 25.0 Å². The van der Waals surface area contributed by atoms with E-state index in [0.29, 0.717) is 11.6 Å². The summed E-state index contributed by atoms with van der Waals surface area (Å²) in [6, 6.07) is 5.65. The van der Waals surface area contributed by atoms with E-state index in [2.05, 4.69) is 6.08 Å². The van der Waals surface area contributed by atoms with E-state index in [1.165, 1.54) is 0 Å². The van der Waals surface area contributed by atoms with Crippen molar-refractivity contribution in [3.05, 3.63) is 33.1 Å². The van der Waals surface area contributed by atoms with Gasteiger partial charge in [-0.15, -0.1) is 11.8 Å². The van der Waals surface area contributed by atoms with Crippen molar-refractivity contribution in [1.29, 1.82) is 0 Å². The minimum atomic E-state index is -4.18. The number of aryl methyl sites for hydroxylation is 1. The van der Waals surface area contributed by atoms with E-state index < -0.39 is 10.1 Å². The topological polar surface area (TPSA) is 61.1 Å². The van der Waals surface area contributed by atoms with Crippen molar-refractivity contribution in [3.63, 3.8) is 0 Å². The molecular formula is C14H16ClNO3S3. The van der Waals surface area contributed by atoms with Gasteiger partial charge in [-0.05, 0) is 30.2 Å². The molecule has 0 spiro atoms. The van der Waals surface area contributed by atoms with Crippen LogP contribution >= 0.6 is 34.7 Å². The van der Waals surface area contributed by atoms with Crippen molar-refractivity contribution < 1.29 is 17.5 Å². The number of nitrogens with zero attached hydrogens (tertiary/aromatic N) is 1. The van der Waals surface area contributed by atoms with E-state index in [1.54, 1.807) is 23.1 Å². The molecule has 0 saturated heterocycles. The highest BCUT2D eigenvalue weighted by Crippen LogP contribution is 2.26. The molecule has 0 aliphatic rings. The lowest BCUT2D eigenvalue weighted by Gasteiger charge is -2.04. The summed E-state index contributed by atoms with van der Waals surface area (Å²) in [4.78, 5) is 1.16. The summed E-state index contributed by atoms with van der Waals surface area (Å²) in [5, 5.41) is 1.65. The Morgan fingerprint density at radius 3 is 2.86 bits per heavy atom. The lowest BCUT2D eigenvalue weighted by molar-refractivity contribution is -0.668. The molecule has 2 aromatic rings. The Hall–Kier alpha value is -0.600. The molecule has 0 radical (unpaired) electrons. The molecule has 0 amide bonds. The zero-order chi connectivity index (χ0) is 16.3. The monoisotopic (exact) mass is 377 g/mol. The first-order valence-electron chi connectivity index (χ1n) is 6.58. The van der Waals surface area contributed by atoms with Gasteiger partial charge in [-0.3, -0.25) is 0 Å². The van der Waals surface area contributed by atoms with Crippen LogP contribution in [0.4, 0.5) is 0 Å². The SMILES string of the molecule is CS/C(C)=C/c1sc2ccc(Cl)cc2[n+]1CCCS(=O)(=O)[O-]. The lowest BCUT2D eigenvalue weighted by Crippen LogP contribution is -2.36. The van der Waals surface area contributed by atoms with Crippen LogP contribution in [0.1, 0.15) is 18.4 Å². The van der Waals surface area contributed by atoms with Crippen LogP contribution in [0.3, 0.4) is 0 Å². The summed E-state index contributed by atoms with van der Waals surface area (Å²) in [6.07, 6.45) is 4.35. The standard InChI is InChI=1S/C14H16ClNO3S3/c1-10(20-2)8-14-16(6-3-7-22(17,18)19)12-9-11(15)4-5-13(12)21-14/h4-5,8-9H,3,6-7H2,1-2H3/b10-8+. The molecule has 0 atom stereocenters. The Bertz CT molecular complexity index is 812. The Labute approximate surface area is 143 Å². The normalized spacial score (nSPS) is 13.0. The van der Waals surface area contributed by atoms with Gasteiger partial charge in [-0.2, -0.15) is 4.57 Å². The maximum absolute atomic E-state index is 10.8. The maximum Gasteiger partial charge on any atom is 0.263 e. The number of thioether (sulfide) groups is 1. The molecule has 1 heterocycles. The number of halogens is 1. The lowest BCUT2D eigenvalue weighted by atomic mass is 10.3. The molecule has 1 aromatic carbocycles. The van der Waals surface area contributed by atoms with Gasteiger partial charge in [0.15, 0.2) is 6.54 Å². The Balaban J connectivity index is 2.42. The zero-order valence-electron chi connectivity index (χ0n) is 12.2. The average Bonchev–Trinajstić information content (AvgIpc) is 2.75. The molecule has 22 heavy (non-hydrogen) atoms. The predicted octanol–water partition coefficient (Wildman–Crippen LogP) is 3.50. The van der Waals surface area contributed by atoms with E-state index in [-0.39, 0.29) is 12.2 Å². The van der Waals surface area contributed by atoms with Crippen molar-refractivity contribution in [3.8, 4) is 0 Å². The number of benzene rings is 1. The fourth-order valence-electron chi connectivity index (χ4n) is 2.04. The molecule has 0 N–H and O–H groups in total. The van der Waals surface area contributed by atoms with Crippen molar-refractivity contribution in [2.75, 3.05) is 12.0 Å². The van der Waals surface area contributed by atoms with Crippen LogP contribution in [0.5, 0.6) is 0 Å². The smallest absolute Gasteiger partial charge is 0.263 e. The van der Waals surface area contributed by atoms with Gasteiger partial charge in [-0.1, -0.05) is 22.9 Å². The highest BCUT2D eigenvalue weighted by atomic mass is 35.5. The van der Waals surface area contributed by atoms with Crippen LogP contribution in [-0.2, 0) is 16.7 Å². The second-order valence-electron chi connectivity index (χ2n) is 4.78. The van der Waals surface area contributed by atoms with E-state index in [0.717, 1.165) is 20.1 Å². The van der Waals surface area contributed by atoms with Crippen LogP contribution in [0, 0.1) is 0 Å². The minimum absolute atomic E-state index is 0.286. The number of thiazole rings is 1. The van der Waals surface area contributed by atoms with Gasteiger partial charge in [0.2, 0.25) is 5.52 Å². The van der Waals surface area contributed by atoms with Crippen molar-refractivity contribution in [2.24, 2.45) is 0 Å². The predicted molar refractivity (Wildman–Crippen MR) is 93.4 cm³/mol. The molecule has 0 fully saturated rings. The molecule has 1 aromatic heterocycles. The van der Waals surface area contributed by atoms with Gasteiger partial charge >= 0.3 is 0 Å². The number of hydrogen-bond donors (Lipinski definition) is 0. The Morgan fingerprint density at radius 1 is 1.50 bits per heavy atom. The van der Waals surface area contributed by atoms with E-state index in [9.17, 15) is 13.0 Å². The molecule has 8 heteroatoms. The van der Waals surface area contributed by atoms with Crippen molar-refractivity contribution in [2.45, 2.75) is 19.9 Å². The molecule has 0 bridgehead atoms. The highest BCUT2D eigenvalue weighted by Gasteiger charge is 2.19. The Morgan fingerprint density at radius 2 is 2.23 bits per heavy atom. The van der Waals surface area contributed by atoms with Gasteiger partial charge < -0.3 is 4.55 Å². The van der Waals surface area contributed by atoms with Crippen LogP contribution in [0.15, 0.2) is 23.1 Å². The summed E-state index contributed by atoms with van der Waals surface area (Å²) < 4.78 is 35.5. The third-order valence-corrected chi connectivity index (χ3v) is 6.02. The van der Waals surface area contributed by atoms with Gasteiger partial charge in [0.25, 0.3) is 5.01 Å². The molecule has 4 nitrogen and oxygen atoms in total. The second kappa shape index (κ2) is 7.31. The van der Waals surface area contributed by atoms with E-state index in [1.807, 2.05) is 35.9 Å². The first-order chi connectivity index (χ1) is 10.3. The zero-order valence-corrected chi connectivity index (χ0v) is 15.4.